The molecule has 1 N–H and O–H groups in total. The van der Waals surface area contributed by atoms with Crippen LogP contribution in [0.25, 0.3) is 0 Å². The summed E-state index contributed by atoms with van der Waals surface area (Å²) in [6.07, 6.45) is -0.573. The van der Waals surface area contributed by atoms with Crippen LogP contribution in [0.4, 0.5) is 18.0 Å². The second kappa shape index (κ2) is 6.51. The number of ether oxygens (including phenoxy) is 1. The number of nitrogens with zero attached hydrogens (tertiary/aromatic N) is 1. The van der Waals surface area contributed by atoms with Crippen LogP contribution in [0.5, 0.6) is 0 Å². The maximum atomic E-state index is 12.9. The van der Waals surface area contributed by atoms with Gasteiger partial charge in [-0.1, -0.05) is 0 Å². The number of amides is 2. The Bertz CT molecular complexity index is 698. The molecule has 3 saturated carbocycles. The molecule has 1 saturated heterocycles. The molecule has 3 aliphatic carbocycles. The molecule has 5 nitrogen and oxygen atoms in total. The fraction of sp³-hybridized carbons (Fsp3) is 0.905. The fourth-order valence-corrected chi connectivity index (χ4v) is 6.89. The van der Waals surface area contributed by atoms with Crippen LogP contribution in [0, 0.1) is 22.7 Å². The number of nitrogens with one attached hydrogen (secondary N) is 1. The summed E-state index contributed by atoms with van der Waals surface area (Å²) in [7, 11) is 0. The lowest BCUT2D eigenvalue weighted by atomic mass is 9.64. The second-order valence-corrected chi connectivity index (χ2v) is 10.7. The number of piperidine rings is 1. The Morgan fingerprint density at radius 1 is 1.17 bits per heavy atom. The highest BCUT2D eigenvalue weighted by molar-refractivity contribution is 5.78. The lowest BCUT2D eigenvalue weighted by Crippen LogP contribution is -2.52. The number of likely N-dealkylation sites (tertiary alicyclic amines) is 1. The highest BCUT2D eigenvalue weighted by Gasteiger charge is 2.74. The molecular weight excluding hydrogens is 385 g/mol. The first-order chi connectivity index (χ1) is 13.3. The maximum Gasteiger partial charge on any atom is 0.407 e. The summed E-state index contributed by atoms with van der Waals surface area (Å²) >= 11 is 0. The van der Waals surface area contributed by atoms with Crippen LogP contribution in [0.15, 0.2) is 0 Å². The lowest BCUT2D eigenvalue weighted by Gasteiger charge is -2.44. The van der Waals surface area contributed by atoms with E-state index in [9.17, 15) is 22.8 Å². The number of carbonyl (C=O) groups is 2. The Morgan fingerprint density at radius 2 is 1.86 bits per heavy atom. The van der Waals surface area contributed by atoms with Crippen molar-refractivity contribution in [3.63, 3.8) is 0 Å². The van der Waals surface area contributed by atoms with Crippen molar-refractivity contribution in [3.8, 4) is 0 Å². The Balaban J connectivity index is 1.46. The van der Waals surface area contributed by atoms with Gasteiger partial charge in [0.1, 0.15) is 12.0 Å². The van der Waals surface area contributed by atoms with E-state index >= 15 is 0 Å². The summed E-state index contributed by atoms with van der Waals surface area (Å²) < 4.78 is 43.9. The number of hydrogen-bond acceptors (Lipinski definition) is 3. The molecule has 0 radical (unpaired) electrons. The van der Waals surface area contributed by atoms with Crippen LogP contribution in [0.3, 0.4) is 0 Å². The first-order valence-corrected chi connectivity index (χ1v) is 10.7. The van der Waals surface area contributed by atoms with Crippen LogP contribution in [-0.4, -0.2) is 47.8 Å². The zero-order valence-electron chi connectivity index (χ0n) is 17.4. The molecule has 4 fully saturated rings. The van der Waals surface area contributed by atoms with Crippen molar-refractivity contribution in [2.24, 2.45) is 22.7 Å². The molecule has 1 spiro atoms. The average Bonchev–Trinajstić information content (AvgIpc) is 3.30. The van der Waals surface area contributed by atoms with Crippen molar-refractivity contribution in [1.82, 2.24) is 10.2 Å². The van der Waals surface area contributed by atoms with Crippen molar-refractivity contribution >= 4 is 12.0 Å². The van der Waals surface area contributed by atoms with E-state index in [1.165, 1.54) is 0 Å². The number of alkyl carbamates (subject to hydrolysis) is 1. The van der Waals surface area contributed by atoms with Crippen LogP contribution < -0.4 is 5.32 Å². The SMILES string of the molecule is CC(C)(C)OC(=O)NCCC12CC3C[C@@H](C1)C(N(C(=O)CC(F)(F)F)C3)C21CC1. The smallest absolute Gasteiger partial charge is 0.407 e. The van der Waals surface area contributed by atoms with Gasteiger partial charge in [-0.3, -0.25) is 4.79 Å². The van der Waals surface area contributed by atoms with Gasteiger partial charge in [0.15, 0.2) is 0 Å². The van der Waals surface area contributed by atoms with Crippen LogP contribution in [0.1, 0.15) is 65.7 Å². The molecule has 3 bridgehead atoms. The molecule has 0 aromatic heterocycles. The number of alkyl halides is 3. The molecular formula is C21H31F3N2O3. The van der Waals surface area contributed by atoms with Gasteiger partial charge in [0, 0.05) is 19.1 Å². The van der Waals surface area contributed by atoms with Gasteiger partial charge in [-0.25, -0.2) is 4.79 Å². The molecule has 1 heterocycles. The summed E-state index contributed by atoms with van der Waals surface area (Å²) in [5.74, 6) is -0.194. The molecule has 0 aromatic rings. The van der Waals surface area contributed by atoms with Crippen molar-refractivity contribution in [2.75, 3.05) is 13.1 Å². The molecule has 29 heavy (non-hydrogen) atoms. The fourth-order valence-electron chi connectivity index (χ4n) is 6.89. The minimum atomic E-state index is -4.46. The van der Waals surface area contributed by atoms with Crippen LogP contribution in [-0.2, 0) is 9.53 Å². The average molecular weight is 416 g/mol. The van der Waals surface area contributed by atoms with Crippen molar-refractivity contribution in [1.29, 1.82) is 0 Å². The van der Waals surface area contributed by atoms with Crippen molar-refractivity contribution in [2.45, 2.75) is 83.5 Å². The minimum Gasteiger partial charge on any atom is -0.444 e. The molecule has 0 aromatic carbocycles. The van der Waals surface area contributed by atoms with E-state index in [0.717, 1.165) is 38.5 Å². The summed E-state index contributed by atoms with van der Waals surface area (Å²) in [6, 6.07) is -0.0578. The molecule has 2 amide bonds. The number of hydrogen-bond donors (Lipinski definition) is 1. The predicted molar refractivity (Wildman–Crippen MR) is 100.0 cm³/mol. The third-order valence-corrected chi connectivity index (χ3v) is 7.56. The number of fused-ring (bicyclic) bond motifs is 4. The lowest BCUT2D eigenvalue weighted by molar-refractivity contribution is -0.166. The van der Waals surface area contributed by atoms with E-state index in [-0.39, 0.29) is 22.8 Å². The standard InChI is InChI=1S/C21H31F3N2O3/c1-18(2,3)29-17(28)25-7-6-19-9-13-8-14(10-19)16(20(19)4-5-20)26(12-13)15(27)11-21(22,23)24/h13-14,16H,4-12H2,1-3H3,(H,25,28)/t13?,14-,16?,19?/m0/s1. The topological polar surface area (TPSA) is 58.6 Å². The zero-order chi connectivity index (χ0) is 21.2. The van der Waals surface area contributed by atoms with Crippen LogP contribution in [0.2, 0.25) is 0 Å². The molecule has 4 aliphatic rings. The van der Waals surface area contributed by atoms with Gasteiger partial charge in [0.05, 0.1) is 0 Å². The second-order valence-electron chi connectivity index (χ2n) is 10.7. The van der Waals surface area contributed by atoms with Gasteiger partial charge < -0.3 is 15.0 Å². The van der Waals surface area contributed by atoms with E-state index in [4.69, 9.17) is 4.74 Å². The van der Waals surface area contributed by atoms with Gasteiger partial charge in [0.2, 0.25) is 5.91 Å². The number of carbonyl (C=O) groups excluding carboxylic acids is 2. The van der Waals surface area contributed by atoms with Gasteiger partial charge >= 0.3 is 12.3 Å². The van der Waals surface area contributed by atoms with E-state index in [1.54, 1.807) is 4.90 Å². The Kier molecular flexibility index (Phi) is 4.67. The molecule has 4 atom stereocenters. The predicted octanol–water partition coefficient (Wildman–Crippen LogP) is 4.26. The highest BCUT2D eigenvalue weighted by atomic mass is 19.4. The van der Waals surface area contributed by atoms with Crippen molar-refractivity contribution < 1.29 is 27.5 Å². The number of rotatable bonds is 4. The van der Waals surface area contributed by atoms with Gasteiger partial charge in [0.25, 0.3) is 0 Å². The molecule has 1 aliphatic heterocycles. The largest absolute Gasteiger partial charge is 0.444 e. The quantitative estimate of drug-likeness (QED) is 0.745. The third-order valence-electron chi connectivity index (χ3n) is 7.56. The Morgan fingerprint density at radius 3 is 2.45 bits per heavy atom. The van der Waals surface area contributed by atoms with E-state index < -0.39 is 30.2 Å². The van der Waals surface area contributed by atoms with Gasteiger partial charge in [-0.15, -0.1) is 0 Å². The summed E-state index contributed by atoms with van der Waals surface area (Å²) in [4.78, 5) is 26.1. The first kappa shape index (κ1) is 20.8. The van der Waals surface area contributed by atoms with Gasteiger partial charge in [-0.05, 0) is 82.0 Å². The van der Waals surface area contributed by atoms with Gasteiger partial charge in [-0.2, -0.15) is 13.2 Å². The normalized spacial score (nSPS) is 34.4. The van der Waals surface area contributed by atoms with E-state index in [2.05, 4.69) is 5.32 Å². The van der Waals surface area contributed by atoms with Crippen LogP contribution >= 0.6 is 0 Å². The van der Waals surface area contributed by atoms with Crippen molar-refractivity contribution in [3.05, 3.63) is 0 Å². The maximum absolute atomic E-state index is 12.9. The Labute approximate surface area is 169 Å². The monoisotopic (exact) mass is 416 g/mol. The molecule has 8 heteroatoms. The third kappa shape index (κ3) is 3.72. The summed E-state index contributed by atoms with van der Waals surface area (Å²) in [5, 5.41) is 2.85. The minimum absolute atomic E-state index is 0.0214. The molecule has 4 rings (SSSR count). The first-order valence-electron chi connectivity index (χ1n) is 10.7. The Hall–Kier alpha value is -1.47. The number of halogens is 3. The summed E-state index contributed by atoms with van der Waals surface area (Å²) in [5.41, 5.74) is -0.588. The van der Waals surface area contributed by atoms with E-state index in [0.29, 0.717) is 19.0 Å². The molecule has 3 unspecified atom stereocenters. The summed E-state index contributed by atoms with van der Waals surface area (Å²) in [6.45, 7) is 6.41. The molecule has 164 valence electrons. The highest BCUT2D eigenvalue weighted by Crippen LogP contribution is 2.77. The van der Waals surface area contributed by atoms with E-state index in [1.807, 2.05) is 20.8 Å². The zero-order valence-corrected chi connectivity index (χ0v) is 17.4.